The van der Waals surface area contributed by atoms with E-state index in [4.69, 9.17) is 10.7 Å². The Bertz CT molecular complexity index is 786. The summed E-state index contributed by atoms with van der Waals surface area (Å²) >= 11 is 4.92. The van der Waals surface area contributed by atoms with E-state index in [1.807, 2.05) is 30.5 Å². The second-order valence-electron chi connectivity index (χ2n) is 5.99. The Morgan fingerprint density at radius 3 is 2.16 bits per heavy atom. The number of amidine groups is 1. The van der Waals surface area contributed by atoms with Crippen molar-refractivity contribution in [1.29, 1.82) is 10.5 Å². The van der Waals surface area contributed by atoms with E-state index in [1.165, 1.54) is 0 Å². The minimum atomic E-state index is -1.02. The fraction of sp³-hybridized carbons (Fsp3) is 0.500. The van der Waals surface area contributed by atoms with Gasteiger partial charge in [-0.25, -0.2) is 4.99 Å². The molecular weight excluding hydrogens is 368 g/mol. The second-order valence-corrected chi connectivity index (χ2v) is 10.0. The van der Waals surface area contributed by atoms with Crippen LogP contribution >= 0.6 is 35.3 Å². The molecule has 4 nitrogen and oxygen atoms in total. The molecule has 3 atom stereocenters. The number of aliphatic imine (C=N–C) groups is 1. The molecule has 3 rings (SSSR count). The van der Waals surface area contributed by atoms with Gasteiger partial charge in [0.15, 0.2) is 4.20 Å². The maximum atomic E-state index is 10.2. The van der Waals surface area contributed by atoms with Crippen LogP contribution in [0.2, 0.25) is 0 Å². The molecule has 0 bridgehead atoms. The second kappa shape index (κ2) is 6.46. The van der Waals surface area contributed by atoms with Gasteiger partial charge in [0.25, 0.3) is 0 Å². The summed E-state index contributed by atoms with van der Waals surface area (Å²) in [5.41, 5.74) is 5.35. The molecule has 3 unspecified atom stereocenters. The smallest absolute Gasteiger partial charge is 0.175 e. The van der Waals surface area contributed by atoms with Gasteiger partial charge in [0.05, 0.1) is 12.1 Å². The van der Waals surface area contributed by atoms with Crippen LogP contribution in [0, 0.1) is 33.5 Å². The number of nitrogens with zero attached hydrogens (tertiary/aromatic N) is 3. The molecule has 0 saturated heterocycles. The van der Waals surface area contributed by atoms with Crippen LogP contribution in [-0.2, 0) is 0 Å². The molecule has 1 aliphatic carbocycles. The standard InChI is InChI=1S/C18H20N4S3/c1-4-24-18(25-5-2)17(11-20)14(16(17,10-19)15(21)22-18)12-6-8-13(23-3)9-7-12/h6-9,14H,4-5H2,1-3H3,(H2,21,22). The van der Waals surface area contributed by atoms with E-state index < -0.39 is 15.0 Å². The first-order valence-electron chi connectivity index (χ1n) is 8.13. The van der Waals surface area contributed by atoms with Crippen LogP contribution in [-0.4, -0.2) is 27.8 Å². The van der Waals surface area contributed by atoms with Gasteiger partial charge in [-0.05, 0) is 35.5 Å². The fourth-order valence-corrected chi connectivity index (χ4v) is 7.71. The van der Waals surface area contributed by atoms with E-state index in [0.717, 1.165) is 22.0 Å². The highest BCUT2D eigenvalue weighted by molar-refractivity contribution is 8.18. The molecule has 7 heteroatoms. The lowest BCUT2D eigenvalue weighted by Gasteiger charge is -2.31. The van der Waals surface area contributed by atoms with E-state index in [2.05, 4.69) is 26.0 Å². The van der Waals surface area contributed by atoms with Crippen LogP contribution in [0.5, 0.6) is 0 Å². The molecule has 1 saturated carbocycles. The quantitative estimate of drug-likeness (QED) is 0.584. The third-order valence-corrected chi connectivity index (χ3v) is 8.69. The first kappa shape index (κ1) is 18.5. The van der Waals surface area contributed by atoms with Crippen molar-refractivity contribution in [2.45, 2.75) is 28.9 Å². The van der Waals surface area contributed by atoms with Gasteiger partial charge in [-0.1, -0.05) is 26.0 Å². The molecule has 1 aromatic rings. The highest BCUT2D eigenvalue weighted by Gasteiger charge is 2.91. The lowest BCUT2D eigenvalue weighted by Crippen LogP contribution is -2.31. The van der Waals surface area contributed by atoms with Crippen LogP contribution in [0.3, 0.4) is 0 Å². The van der Waals surface area contributed by atoms with Crippen molar-refractivity contribution in [3.63, 3.8) is 0 Å². The van der Waals surface area contributed by atoms with Gasteiger partial charge in [0.2, 0.25) is 0 Å². The minimum Gasteiger partial charge on any atom is -0.386 e. The SMILES string of the molecule is CCSC1(SCC)N=C(N)C2(C#N)C(c3ccc(SC)cc3)C12C#N. The molecule has 1 aliphatic heterocycles. The molecule has 1 aromatic carbocycles. The Morgan fingerprint density at radius 2 is 1.72 bits per heavy atom. The van der Waals surface area contributed by atoms with Gasteiger partial charge in [-0.15, -0.1) is 35.3 Å². The Kier molecular flexibility index (Phi) is 4.79. The molecule has 0 aromatic heterocycles. The predicted octanol–water partition coefficient (Wildman–Crippen LogP) is 4.06. The maximum absolute atomic E-state index is 10.2. The van der Waals surface area contributed by atoms with Crippen molar-refractivity contribution >= 4 is 41.1 Å². The molecule has 130 valence electrons. The monoisotopic (exact) mass is 388 g/mol. The van der Waals surface area contributed by atoms with Crippen molar-refractivity contribution < 1.29 is 0 Å². The fourth-order valence-electron chi connectivity index (χ4n) is 4.05. The summed E-state index contributed by atoms with van der Waals surface area (Å²) in [4.78, 5) is 5.85. The van der Waals surface area contributed by atoms with Gasteiger partial charge >= 0.3 is 0 Å². The topological polar surface area (TPSA) is 86.0 Å². The Morgan fingerprint density at radius 1 is 1.12 bits per heavy atom. The number of hydrogen-bond donors (Lipinski definition) is 1. The largest absolute Gasteiger partial charge is 0.386 e. The molecule has 25 heavy (non-hydrogen) atoms. The van der Waals surface area contributed by atoms with Gasteiger partial charge in [-0.2, -0.15) is 10.5 Å². The molecule has 1 fully saturated rings. The number of nitrogens with two attached hydrogens (primary N) is 1. The third-order valence-electron chi connectivity index (χ3n) is 5.06. The number of fused-ring (bicyclic) bond motifs is 1. The summed E-state index contributed by atoms with van der Waals surface area (Å²) in [7, 11) is 0. The summed E-state index contributed by atoms with van der Waals surface area (Å²) in [5, 5.41) is 20.3. The van der Waals surface area contributed by atoms with Crippen LogP contribution in [0.4, 0.5) is 0 Å². The Hall–Kier alpha value is -1.28. The molecule has 1 heterocycles. The number of rotatable bonds is 6. The average molecular weight is 389 g/mol. The van der Waals surface area contributed by atoms with E-state index in [1.54, 1.807) is 35.3 Å². The number of nitriles is 2. The van der Waals surface area contributed by atoms with E-state index in [-0.39, 0.29) is 5.92 Å². The summed E-state index contributed by atoms with van der Waals surface area (Å²) in [5.74, 6) is 1.71. The van der Waals surface area contributed by atoms with Crippen LogP contribution < -0.4 is 5.73 Å². The summed E-state index contributed by atoms with van der Waals surface area (Å²) in [6, 6.07) is 13.0. The molecule has 2 aliphatic rings. The molecule has 2 N–H and O–H groups in total. The van der Waals surface area contributed by atoms with Crippen molar-refractivity contribution in [2.75, 3.05) is 17.8 Å². The lowest BCUT2D eigenvalue weighted by molar-refractivity contribution is 0.564. The van der Waals surface area contributed by atoms with Gasteiger partial charge in [0.1, 0.15) is 16.7 Å². The average Bonchev–Trinajstić information content (AvgIpc) is 3.21. The van der Waals surface area contributed by atoms with E-state index >= 15 is 0 Å². The van der Waals surface area contributed by atoms with E-state index in [9.17, 15) is 10.5 Å². The van der Waals surface area contributed by atoms with Crippen LogP contribution in [0.15, 0.2) is 34.2 Å². The first-order chi connectivity index (χ1) is 12.0. The molecule has 0 amide bonds. The highest BCUT2D eigenvalue weighted by atomic mass is 32.2. The van der Waals surface area contributed by atoms with Gasteiger partial charge in [0, 0.05) is 10.8 Å². The predicted molar refractivity (Wildman–Crippen MR) is 108 cm³/mol. The zero-order valence-corrected chi connectivity index (χ0v) is 16.9. The van der Waals surface area contributed by atoms with Crippen molar-refractivity contribution in [1.82, 2.24) is 0 Å². The lowest BCUT2D eigenvalue weighted by atomic mass is 9.97. The zero-order valence-electron chi connectivity index (χ0n) is 14.4. The Balaban J connectivity index is 2.17. The number of benzene rings is 1. The first-order valence-corrected chi connectivity index (χ1v) is 11.3. The molecular formula is C18H20N4S3. The van der Waals surface area contributed by atoms with Crippen molar-refractivity contribution in [3.05, 3.63) is 29.8 Å². The van der Waals surface area contributed by atoms with Gasteiger partial charge < -0.3 is 5.73 Å². The Labute approximate surface area is 161 Å². The summed E-state index contributed by atoms with van der Waals surface area (Å²) in [6.07, 6.45) is 2.03. The van der Waals surface area contributed by atoms with E-state index in [0.29, 0.717) is 5.84 Å². The number of thioether (sulfide) groups is 3. The van der Waals surface area contributed by atoms with Crippen LogP contribution in [0.1, 0.15) is 25.3 Å². The third kappa shape index (κ3) is 2.13. The zero-order chi connectivity index (χ0) is 18.3. The summed E-state index contributed by atoms with van der Waals surface area (Å²) in [6.45, 7) is 4.10. The minimum absolute atomic E-state index is 0.235. The van der Waals surface area contributed by atoms with Gasteiger partial charge in [-0.3, -0.25) is 0 Å². The van der Waals surface area contributed by atoms with Crippen molar-refractivity contribution in [2.24, 2.45) is 21.6 Å². The molecule has 0 spiro atoms. The number of hydrogen-bond acceptors (Lipinski definition) is 7. The molecule has 0 radical (unpaired) electrons. The van der Waals surface area contributed by atoms with Crippen molar-refractivity contribution in [3.8, 4) is 12.1 Å². The van der Waals surface area contributed by atoms with Crippen LogP contribution in [0.25, 0.3) is 0 Å². The highest BCUT2D eigenvalue weighted by Crippen LogP contribution is 2.85. The summed E-state index contributed by atoms with van der Waals surface area (Å²) < 4.78 is -0.714. The maximum Gasteiger partial charge on any atom is 0.175 e. The normalized spacial score (nSPS) is 31.6.